The summed E-state index contributed by atoms with van der Waals surface area (Å²) in [4.78, 5) is 14.8. The maximum absolute atomic E-state index is 12.8. The molecule has 1 saturated heterocycles. The SMILES string of the molecule is C=C(Nc1cc(O)ccc1OC)N1CCC(O)(C(=O)Nc2ccc(C(C)(C)C)cc2)CC1. The molecular formula is C25H33N3O4. The lowest BCUT2D eigenvalue weighted by Gasteiger charge is -2.39. The number of rotatable bonds is 6. The average molecular weight is 440 g/mol. The number of ether oxygens (including phenoxy) is 1. The molecule has 7 nitrogen and oxygen atoms in total. The Labute approximate surface area is 189 Å². The number of aliphatic hydroxyl groups is 1. The predicted molar refractivity (Wildman–Crippen MR) is 127 cm³/mol. The van der Waals surface area contributed by atoms with Gasteiger partial charge in [-0.25, -0.2) is 0 Å². The number of nitrogens with one attached hydrogen (secondary N) is 2. The molecule has 2 aromatic rings. The van der Waals surface area contributed by atoms with Crippen LogP contribution in [0.15, 0.2) is 54.9 Å². The number of phenols is 1. The third-order valence-corrected chi connectivity index (χ3v) is 5.87. The van der Waals surface area contributed by atoms with Crippen LogP contribution in [0.5, 0.6) is 11.5 Å². The van der Waals surface area contributed by atoms with E-state index in [-0.39, 0.29) is 24.0 Å². The number of phenolic OH excluding ortho intramolecular Hbond substituents is 1. The van der Waals surface area contributed by atoms with E-state index in [0.717, 1.165) is 0 Å². The molecule has 0 aliphatic carbocycles. The molecule has 0 saturated carbocycles. The third kappa shape index (κ3) is 5.34. The summed E-state index contributed by atoms with van der Waals surface area (Å²) in [6, 6.07) is 12.5. The number of methoxy groups -OCH3 is 1. The van der Waals surface area contributed by atoms with Gasteiger partial charge < -0.3 is 30.5 Å². The first-order valence-corrected chi connectivity index (χ1v) is 10.7. The zero-order chi connectivity index (χ0) is 23.5. The van der Waals surface area contributed by atoms with Gasteiger partial charge in [-0.05, 0) is 35.2 Å². The fraction of sp³-hybridized carbons (Fsp3) is 0.400. The summed E-state index contributed by atoms with van der Waals surface area (Å²) in [5, 5.41) is 26.7. The Morgan fingerprint density at radius 3 is 2.28 bits per heavy atom. The molecule has 0 atom stereocenters. The van der Waals surface area contributed by atoms with Crippen molar-refractivity contribution in [2.24, 2.45) is 0 Å². The molecule has 0 spiro atoms. The number of nitrogens with zero attached hydrogens (tertiary/aromatic N) is 1. The van der Waals surface area contributed by atoms with E-state index in [1.165, 1.54) is 5.56 Å². The molecule has 1 fully saturated rings. The summed E-state index contributed by atoms with van der Waals surface area (Å²) in [7, 11) is 1.55. The predicted octanol–water partition coefficient (Wildman–Crippen LogP) is 4.05. The van der Waals surface area contributed by atoms with E-state index in [4.69, 9.17) is 4.74 Å². The van der Waals surface area contributed by atoms with Crippen LogP contribution < -0.4 is 15.4 Å². The van der Waals surface area contributed by atoms with Gasteiger partial charge in [-0.15, -0.1) is 0 Å². The largest absolute Gasteiger partial charge is 0.508 e. The highest BCUT2D eigenvalue weighted by molar-refractivity contribution is 5.97. The highest BCUT2D eigenvalue weighted by atomic mass is 16.5. The van der Waals surface area contributed by atoms with E-state index in [2.05, 4.69) is 38.0 Å². The van der Waals surface area contributed by atoms with Gasteiger partial charge in [-0.3, -0.25) is 4.79 Å². The number of anilines is 2. The second-order valence-electron chi connectivity index (χ2n) is 9.26. The monoisotopic (exact) mass is 439 g/mol. The van der Waals surface area contributed by atoms with Crippen LogP contribution in [-0.4, -0.2) is 46.8 Å². The summed E-state index contributed by atoms with van der Waals surface area (Å²) in [6.45, 7) is 11.4. The van der Waals surface area contributed by atoms with Crippen molar-refractivity contribution >= 4 is 17.3 Å². The Morgan fingerprint density at radius 1 is 1.09 bits per heavy atom. The Hall–Kier alpha value is -3.19. The van der Waals surface area contributed by atoms with Crippen LogP contribution >= 0.6 is 0 Å². The van der Waals surface area contributed by atoms with Crippen LogP contribution in [0, 0.1) is 0 Å². The van der Waals surface area contributed by atoms with Crippen molar-refractivity contribution in [3.8, 4) is 11.5 Å². The van der Waals surface area contributed by atoms with Gasteiger partial charge in [0.05, 0.1) is 18.6 Å². The van der Waals surface area contributed by atoms with Crippen molar-refractivity contribution in [3.05, 3.63) is 60.4 Å². The molecular weight excluding hydrogens is 406 g/mol. The van der Waals surface area contributed by atoms with Gasteiger partial charge in [0.1, 0.15) is 17.1 Å². The fourth-order valence-electron chi connectivity index (χ4n) is 3.70. The van der Waals surface area contributed by atoms with Gasteiger partial charge in [0.15, 0.2) is 0 Å². The van der Waals surface area contributed by atoms with Crippen molar-refractivity contribution in [3.63, 3.8) is 0 Å². The van der Waals surface area contributed by atoms with Crippen LogP contribution in [0.1, 0.15) is 39.2 Å². The van der Waals surface area contributed by atoms with Crippen LogP contribution in [-0.2, 0) is 10.2 Å². The molecule has 1 aliphatic heterocycles. The van der Waals surface area contributed by atoms with Gasteiger partial charge in [0.2, 0.25) is 0 Å². The summed E-state index contributed by atoms with van der Waals surface area (Å²) in [5.41, 5.74) is 1.03. The standard InChI is InChI=1S/C25H33N3O4/c1-17(26-21-16-20(29)10-11-22(21)32-5)28-14-12-25(31,13-15-28)23(30)27-19-8-6-18(7-9-19)24(2,3)4/h6-11,16,26,29,31H,1,12-15H2,2-5H3,(H,27,30). The number of carbonyl (C=O) groups is 1. The summed E-state index contributed by atoms with van der Waals surface area (Å²) in [5.74, 6) is 0.902. The quantitative estimate of drug-likeness (QED) is 0.543. The van der Waals surface area contributed by atoms with Gasteiger partial charge in [0, 0.05) is 37.7 Å². The highest BCUT2D eigenvalue weighted by Gasteiger charge is 2.39. The minimum absolute atomic E-state index is 0.0342. The fourth-order valence-corrected chi connectivity index (χ4v) is 3.70. The normalized spacial score (nSPS) is 15.7. The zero-order valence-corrected chi connectivity index (χ0v) is 19.2. The Morgan fingerprint density at radius 2 is 1.72 bits per heavy atom. The second-order valence-corrected chi connectivity index (χ2v) is 9.26. The molecule has 0 unspecified atom stereocenters. The maximum Gasteiger partial charge on any atom is 0.256 e. The van der Waals surface area contributed by atoms with Crippen molar-refractivity contribution < 1.29 is 19.7 Å². The second kappa shape index (κ2) is 9.12. The topological polar surface area (TPSA) is 94.1 Å². The minimum atomic E-state index is -1.44. The minimum Gasteiger partial charge on any atom is -0.508 e. The number of hydrogen-bond acceptors (Lipinski definition) is 6. The Bertz CT molecular complexity index is 972. The lowest BCUT2D eigenvalue weighted by atomic mass is 9.87. The first-order chi connectivity index (χ1) is 15.0. The molecule has 1 aliphatic rings. The smallest absolute Gasteiger partial charge is 0.256 e. The summed E-state index contributed by atoms with van der Waals surface area (Å²) in [6.07, 6.45) is 0.549. The molecule has 7 heteroatoms. The van der Waals surface area contributed by atoms with Gasteiger partial charge in [-0.1, -0.05) is 39.5 Å². The number of aromatic hydroxyl groups is 1. The van der Waals surface area contributed by atoms with Crippen molar-refractivity contribution in [1.29, 1.82) is 0 Å². The van der Waals surface area contributed by atoms with E-state index in [9.17, 15) is 15.0 Å². The molecule has 32 heavy (non-hydrogen) atoms. The van der Waals surface area contributed by atoms with E-state index in [0.29, 0.717) is 36.0 Å². The molecule has 2 aromatic carbocycles. The Balaban J connectivity index is 1.58. The van der Waals surface area contributed by atoms with E-state index in [1.54, 1.807) is 25.3 Å². The number of piperidine rings is 1. The zero-order valence-electron chi connectivity index (χ0n) is 19.2. The third-order valence-electron chi connectivity index (χ3n) is 5.87. The first-order valence-electron chi connectivity index (χ1n) is 10.7. The number of carbonyl (C=O) groups excluding carboxylic acids is 1. The maximum atomic E-state index is 12.8. The van der Waals surface area contributed by atoms with Crippen LogP contribution in [0.4, 0.5) is 11.4 Å². The van der Waals surface area contributed by atoms with E-state index >= 15 is 0 Å². The summed E-state index contributed by atoms with van der Waals surface area (Å²) < 4.78 is 5.31. The average Bonchev–Trinajstić information content (AvgIpc) is 2.74. The summed E-state index contributed by atoms with van der Waals surface area (Å²) >= 11 is 0. The van der Waals surface area contributed by atoms with E-state index < -0.39 is 11.5 Å². The van der Waals surface area contributed by atoms with Crippen LogP contribution in [0.2, 0.25) is 0 Å². The van der Waals surface area contributed by atoms with Crippen molar-refractivity contribution in [2.75, 3.05) is 30.8 Å². The number of amides is 1. The Kier molecular flexibility index (Phi) is 6.69. The lowest BCUT2D eigenvalue weighted by Crippen LogP contribution is -2.51. The van der Waals surface area contributed by atoms with Gasteiger partial charge in [-0.2, -0.15) is 0 Å². The number of likely N-dealkylation sites (tertiary alicyclic amines) is 1. The molecule has 172 valence electrons. The lowest BCUT2D eigenvalue weighted by molar-refractivity contribution is -0.138. The van der Waals surface area contributed by atoms with Gasteiger partial charge in [0.25, 0.3) is 5.91 Å². The molecule has 1 heterocycles. The van der Waals surface area contributed by atoms with E-state index in [1.807, 2.05) is 29.2 Å². The van der Waals surface area contributed by atoms with Crippen molar-refractivity contribution in [2.45, 2.75) is 44.6 Å². The first kappa shape index (κ1) is 23.5. The van der Waals surface area contributed by atoms with Crippen LogP contribution in [0.25, 0.3) is 0 Å². The molecule has 0 radical (unpaired) electrons. The molecule has 4 N–H and O–H groups in total. The molecule has 0 bridgehead atoms. The van der Waals surface area contributed by atoms with Crippen molar-refractivity contribution in [1.82, 2.24) is 4.90 Å². The van der Waals surface area contributed by atoms with Gasteiger partial charge >= 0.3 is 0 Å². The van der Waals surface area contributed by atoms with Crippen LogP contribution in [0.3, 0.4) is 0 Å². The number of benzene rings is 2. The number of hydrogen-bond donors (Lipinski definition) is 4. The molecule has 0 aromatic heterocycles. The highest BCUT2D eigenvalue weighted by Crippen LogP contribution is 2.31. The molecule has 1 amide bonds. The molecule has 3 rings (SSSR count).